The number of fused-ring (bicyclic) bond motifs is 1. The molecule has 1 N–H and O–H groups in total. The Morgan fingerprint density at radius 1 is 1.10 bits per heavy atom. The van der Waals surface area contributed by atoms with E-state index in [2.05, 4.69) is 31.4 Å². The topological polar surface area (TPSA) is 69.0 Å². The van der Waals surface area contributed by atoms with E-state index in [9.17, 15) is 4.79 Å². The molecule has 0 aliphatic carbocycles. The van der Waals surface area contributed by atoms with Crippen LogP contribution in [-0.4, -0.2) is 28.0 Å². The lowest BCUT2D eigenvalue weighted by Crippen LogP contribution is -2.12. The van der Waals surface area contributed by atoms with Gasteiger partial charge in [-0.05, 0) is 61.0 Å². The van der Waals surface area contributed by atoms with Crippen molar-refractivity contribution in [1.82, 2.24) is 15.0 Å². The summed E-state index contributed by atoms with van der Waals surface area (Å²) in [6.07, 6.45) is 0. The number of nitrogens with one attached hydrogen (secondary N) is 1. The highest BCUT2D eigenvalue weighted by atomic mass is 79.9. The smallest absolute Gasteiger partial charge is 0.255 e. The number of benzene rings is 3. The summed E-state index contributed by atoms with van der Waals surface area (Å²) in [5, 5.41) is 12.5. The van der Waals surface area contributed by atoms with Crippen molar-refractivity contribution >= 4 is 50.2 Å². The minimum Gasteiger partial charge on any atom is -0.495 e. The van der Waals surface area contributed by atoms with Crippen LogP contribution in [-0.2, 0) is 0 Å². The molecule has 0 aliphatic rings. The predicted octanol–water partition coefficient (Wildman–Crippen LogP) is 5.41. The van der Waals surface area contributed by atoms with Crippen LogP contribution >= 0.6 is 27.5 Å². The lowest BCUT2D eigenvalue weighted by Gasteiger charge is -2.08. The van der Waals surface area contributed by atoms with Crippen molar-refractivity contribution in [3.05, 3.63) is 75.2 Å². The van der Waals surface area contributed by atoms with Crippen molar-refractivity contribution in [2.24, 2.45) is 0 Å². The standard InChI is InChI=1S/C21H16BrClN4O2/c1-12-8-18-19(11-17(12)24-21(28)13-4-3-5-14(22)9-13)26-27(25-18)15-6-7-20(29-2)16(23)10-15/h3-11H,1-2H3,(H,24,28). The van der Waals surface area contributed by atoms with Crippen molar-refractivity contribution in [2.45, 2.75) is 6.92 Å². The predicted molar refractivity (Wildman–Crippen MR) is 117 cm³/mol. The summed E-state index contributed by atoms with van der Waals surface area (Å²) in [5.74, 6) is 0.392. The first-order chi connectivity index (χ1) is 13.9. The first-order valence-electron chi connectivity index (χ1n) is 8.73. The third kappa shape index (κ3) is 3.97. The minimum absolute atomic E-state index is 0.192. The van der Waals surface area contributed by atoms with Gasteiger partial charge in [-0.25, -0.2) is 0 Å². The molecule has 0 unspecified atom stereocenters. The zero-order chi connectivity index (χ0) is 20.5. The molecule has 0 fully saturated rings. The number of aryl methyl sites for hydroxylation is 1. The lowest BCUT2D eigenvalue weighted by atomic mass is 10.1. The number of halogens is 2. The van der Waals surface area contributed by atoms with E-state index in [1.54, 1.807) is 31.4 Å². The summed E-state index contributed by atoms with van der Waals surface area (Å²) in [6.45, 7) is 1.92. The van der Waals surface area contributed by atoms with Gasteiger partial charge in [-0.3, -0.25) is 4.79 Å². The monoisotopic (exact) mass is 470 g/mol. The molecule has 0 bridgehead atoms. The van der Waals surface area contributed by atoms with Crippen molar-refractivity contribution in [2.75, 3.05) is 12.4 Å². The van der Waals surface area contributed by atoms with Crippen LogP contribution < -0.4 is 10.1 Å². The fourth-order valence-electron chi connectivity index (χ4n) is 2.92. The molecule has 3 aromatic carbocycles. The summed E-state index contributed by atoms with van der Waals surface area (Å²) >= 11 is 9.59. The Bertz CT molecular complexity index is 1240. The number of aromatic nitrogens is 3. The second-order valence-corrected chi connectivity index (χ2v) is 7.75. The van der Waals surface area contributed by atoms with Gasteiger partial charge in [-0.1, -0.05) is 33.6 Å². The summed E-state index contributed by atoms with van der Waals surface area (Å²) in [5.41, 5.74) is 4.23. The van der Waals surface area contributed by atoms with Gasteiger partial charge in [0.15, 0.2) is 0 Å². The van der Waals surface area contributed by atoms with Crippen LogP contribution in [0.25, 0.3) is 16.7 Å². The highest BCUT2D eigenvalue weighted by Gasteiger charge is 2.13. The molecule has 1 amide bonds. The second-order valence-electron chi connectivity index (χ2n) is 6.43. The minimum atomic E-state index is -0.192. The van der Waals surface area contributed by atoms with Gasteiger partial charge in [0.05, 0.1) is 17.8 Å². The maximum absolute atomic E-state index is 12.6. The summed E-state index contributed by atoms with van der Waals surface area (Å²) in [4.78, 5) is 14.1. The van der Waals surface area contributed by atoms with Crippen LogP contribution in [0.5, 0.6) is 5.75 Å². The summed E-state index contributed by atoms with van der Waals surface area (Å²) in [6, 6.07) is 16.3. The molecule has 4 aromatic rings. The van der Waals surface area contributed by atoms with Gasteiger partial charge in [-0.15, -0.1) is 10.2 Å². The fraction of sp³-hybridized carbons (Fsp3) is 0.0952. The second kappa shape index (κ2) is 7.85. The highest BCUT2D eigenvalue weighted by Crippen LogP contribution is 2.27. The SMILES string of the molecule is COc1ccc(-n2nc3cc(C)c(NC(=O)c4cccc(Br)c4)cc3n2)cc1Cl. The average Bonchev–Trinajstić information content (AvgIpc) is 3.10. The normalized spacial score (nSPS) is 10.9. The number of rotatable bonds is 4. The van der Waals surface area contributed by atoms with Gasteiger partial charge in [0.2, 0.25) is 0 Å². The zero-order valence-corrected chi connectivity index (χ0v) is 18.0. The fourth-order valence-corrected chi connectivity index (χ4v) is 3.57. The van der Waals surface area contributed by atoms with Crippen LogP contribution in [0, 0.1) is 6.92 Å². The molecule has 0 aliphatic heterocycles. The van der Waals surface area contributed by atoms with Gasteiger partial charge >= 0.3 is 0 Å². The summed E-state index contributed by atoms with van der Waals surface area (Å²) in [7, 11) is 1.56. The van der Waals surface area contributed by atoms with Crippen molar-refractivity contribution < 1.29 is 9.53 Å². The Balaban J connectivity index is 1.66. The Morgan fingerprint density at radius 2 is 1.86 bits per heavy atom. The van der Waals surface area contributed by atoms with E-state index in [0.717, 1.165) is 15.6 Å². The van der Waals surface area contributed by atoms with Crippen LogP contribution in [0.15, 0.2) is 59.1 Å². The molecule has 146 valence electrons. The van der Waals surface area contributed by atoms with Gasteiger partial charge in [0, 0.05) is 15.7 Å². The van der Waals surface area contributed by atoms with Crippen molar-refractivity contribution in [3.63, 3.8) is 0 Å². The average molecular weight is 472 g/mol. The quantitative estimate of drug-likeness (QED) is 0.432. The molecule has 1 aromatic heterocycles. The number of hydrogen-bond donors (Lipinski definition) is 1. The molecule has 29 heavy (non-hydrogen) atoms. The molecule has 1 heterocycles. The van der Waals surface area contributed by atoms with Gasteiger partial charge in [-0.2, -0.15) is 4.80 Å². The van der Waals surface area contributed by atoms with Crippen LogP contribution in [0.2, 0.25) is 5.02 Å². The molecule has 6 nitrogen and oxygen atoms in total. The van der Waals surface area contributed by atoms with E-state index < -0.39 is 0 Å². The molecule has 0 radical (unpaired) electrons. The van der Waals surface area contributed by atoms with Crippen molar-refractivity contribution in [3.8, 4) is 11.4 Å². The van der Waals surface area contributed by atoms with Crippen LogP contribution in [0.3, 0.4) is 0 Å². The molecular weight excluding hydrogens is 456 g/mol. The van der Waals surface area contributed by atoms with Crippen molar-refractivity contribution in [1.29, 1.82) is 0 Å². The maximum atomic E-state index is 12.6. The van der Waals surface area contributed by atoms with Gasteiger partial charge in [0.25, 0.3) is 5.91 Å². The third-order valence-corrected chi connectivity index (χ3v) is 5.22. The van der Waals surface area contributed by atoms with E-state index in [-0.39, 0.29) is 5.91 Å². The molecule has 0 atom stereocenters. The molecule has 0 spiro atoms. The first-order valence-corrected chi connectivity index (χ1v) is 9.90. The Hall–Kier alpha value is -2.90. The molecule has 4 rings (SSSR count). The van der Waals surface area contributed by atoms with Crippen LogP contribution in [0.1, 0.15) is 15.9 Å². The summed E-state index contributed by atoms with van der Waals surface area (Å²) < 4.78 is 6.03. The van der Waals surface area contributed by atoms with E-state index in [0.29, 0.717) is 33.2 Å². The lowest BCUT2D eigenvalue weighted by molar-refractivity contribution is 0.102. The van der Waals surface area contributed by atoms with E-state index in [1.807, 2.05) is 37.3 Å². The van der Waals surface area contributed by atoms with E-state index in [1.165, 1.54) is 4.80 Å². The highest BCUT2D eigenvalue weighted by molar-refractivity contribution is 9.10. The number of nitrogens with zero attached hydrogens (tertiary/aromatic N) is 3. The Labute approximate surface area is 180 Å². The number of carbonyl (C=O) groups excluding carboxylic acids is 1. The molecule has 8 heteroatoms. The Kier molecular flexibility index (Phi) is 5.25. The third-order valence-electron chi connectivity index (χ3n) is 4.43. The number of carbonyl (C=O) groups is 1. The molecule has 0 saturated carbocycles. The number of methoxy groups -OCH3 is 1. The number of hydrogen-bond acceptors (Lipinski definition) is 4. The van der Waals surface area contributed by atoms with Gasteiger partial charge < -0.3 is 10.1 Å². The number of amides is 1. The van der Waals surface area contributed by atoms with E-state index in [4.69, 9.17) is 16.3 Å². The number of ether oxygens (including phenoxy) is 1. The first kappa shape index (κ1) is 19.4. The maximum Gasteiger partial charge on any atom is 0.255 e. The Morgan fingerprint density at radius 3 is 2.55 bits per heavy atom. The largest absolute Gasteiger partial charge is 0.495 e. The van der Waals surface area contributed by atoms with Crippen LogP contribution in [0.4, 0.5) is 5.69 Å². The number of anilines is 1. The van der Waals surface area contributed by atoms with Gasteiger partial charge in [0.1, 0.15) is 16.8 Å². The molecular formula is C21H16BrClN4O2. The zero-order valence-electron chi connectivity index (χ0n) is 15.6. The molecule has 0 saturated heterocycles. The van der Waals surface area contributed by atoms with E-state index >= 15 is 0 Å².